The van der Waals surface area contributed by atoms with Crippen LogP contribution in [0.15, 0.2) is 91.0 Å². The summed E-state index contributed by atoms with van der Waals surface area (Å²) < 4.78 is 22.2. The number of alkyl halides is 1. The first-order valence-corrected chi connectivity index (χ1v) is 15.1. The summed E-state index contributed by atoms with van der Waals surface area (Å²) >= 11 is 2.27. The van der Waals surface area contributed by atoms with Crippen molar-refractivity contribution in [2.45, 2.75) is 44.6 Å². The number of halogens is 1. The van der Waals surface area contributed by atoms with Crippen molar-refractivity contribution in [2.24, 2.45) is 5.92 Å². The molecule has 3 atom stereocenters. The minimum atomic E-state index is -0.792. The van der Waals surface area contributed by atoms with E-state index in [4.69, 9.17) is 18.9 Å². The molecule has 0 spiro atoms. The number of ether oxygens (including phenoxy) is 4. The highest BCUT2D eigenvalue weighted by Crippen LogP contribution is 2.39. The smallest absolute Gasteiger partial charge is 0.497 e. The Bertz CT molecular complexity index is 1260. The molecule has 0 aliphatic carbocycles. The third-order valence-electron chi connectivity index (χ3n) is 7.41. The van der Waals surface area contributed by atoms with Crippen molar-refractivity contribution in [2.75, 3.05) is 18.6 Å². The lowest BCUT2D eigenvalue weighted by Gasteiger charge is -2.53. The predicted molar refractivity (Wildman–Crippen MR) is 167 cm³/mol. The SMILES string of the molecule is C=C(CI)[C@@H]1[C@@H]([C@@H](C)OC(=O)OCc2ccccc2)C(=O)N1C(Cc1ccc(OC)cc1)Cc1ccc(OC)cc1. The molecular formula is C33H36INO6. The molecule has 0 aromatic heterocycles. The van der Waals surface area contributed by atoms with Crippen LogP contribution in [0.3, 0.4) is 0 Å². The molecule has 0 radical (unpaired) electrons. The van der Waals surface area contributed by atoms with E-state index >= 15 is 0 Å². The number of likely N-dealkylation sites (tertiary alicyclic amines) is 1. The molecule has 0 unspecified atom stereocenters. The van der Waals surface area contributed by atoms with E-state index in [1.165, 1.54) is 0 Å². The summed E-state index contributed by atoms with van der Waals surface area (Å²) in [4.78, 5) is 28.3. The Kier molecular flexibility index (Phi) is 10.7. The van der Waals surface area contributed by atoms with Crippen LogP contribution >= 0.6 is 22.6 Å². The second kappa shape index (κ2) is 14.4. The van der Waals surface area contributed by atoms with Gasteiger partial charge in [0.1, 0.15) is 24.2 Å². The van der Waals surface area contributed by atoms with Crippen molar-refractivity contribution < 1.29 is 28.5 Å². The van der Waals surface area contributed by atoms with Gasteiger partial charge in [-0.05, 0) is 66.3 Å². The lowest BCUT2D eigenvalue weighted by atomic mass is 9.77. The first kappa shape index (κ1) is 30.4. The van der Waals surface area contributed by atoms with Gasteiger partial charge in [-0.15, -0.1) is 0 Å². The van der Waals surface area contributed by atoms with Gasteiger partial charge in [0.25, 0.3) is 0 Å². The Labute approximate surface area is 255 Å². The Morgan fingerprint density at radius 1 is 0.878 bits per heavy atom. The largest absolute Gasteiger partial charge is 0.508 e. The maximum absolute atomic E-state index is 13.8. The molecule has 1 aliphatic rings. The predicted octanol–water partition coefficient (Wildman–Crippen LogP) is 6.42. The summed E-state index contributed by atoms with van der Waals surface area (Å²) in [7, 11) is 3.28. The highest BCUT2D eigenvalue weighted by molar-refractivity contribution is 14.1. The molecular weight excluding hydrogens is 633 g/mol. The first-order valence-electron chi connectivity index (χ1n) is 13.5. The molecule has 0 bridgehead atoms. The summed E-state index contributed by atoms with van der Waals surface area (Å²) in [5.74, 6) is 0.968. The van der Waals surface area contributed by atoms with Crippen LogP contribution in [-0.4, -0.2) is 53.8 Å². The number of rotatable bonds is 13. The highest BCUT2D eigenvalue weighted by atomic mass is 127. The zero-order valence-electron chi connectivity index (χ0n) is 23.6. The quantitative estimate of drug-likeness (QED) is 0.0688. The maximum atomic E-state index is 13.8. The van der Waals surface area contributed by atoms with Gasteiger partial charge in [0.15, 0.2) is 0 Å². The van der Waals surface area contributed by atoms with Crippen molar-refractivity contribution in [3.8, 4) is 11.5 Å². The van der Waals surface area contributed by atoms with Crippen LogP contribution in [0.4, 0.5) is 4.79 Å². The minimum Gasteiger partial charge on any atom is -0.497 e. The molecule has 3 aromatic carbocycles. The van der Waals surface area contributed by atoms with Crippen LogP contribution in [0.25, 0.3) is 0 Å². The zero-order valence-corrected chi connectivity index (χ0v) is 25.8. The molecule has 0 N–H and O–H groups in total. The average molecular weight is 670 g/mol. The number of carbonyl (C=O) groups excluding carboxylic acids is 2. The van der Waals surface area contributed by atoms with Crippen molar-refractivity contribution >= 4 is 34.7 Å². The van der Waals surface area contributed by atoms with Crippen LogP contribution in [0, 0.1) is 5.92 Å². The number of amides is 1. The number of methoxy groups -OCH3 is 2. The molecule has 41 heavy (non-hydrogen) atoms. The van der Waals surface area contributed by atoms with Crippen molar-refractivity contribution in [3.05, 3.63) is 108 Å². The summed E-state index contributed by atoms with van der Waals surface area (Å²) in [6, 6.07) is 24.8. The first-order chi connectivity index (χ1) is 19.8. The van der Waals surface area contributed by atoms with Gasteiger partial charge in [-0.3, -0.25) is 4.79 Å². The topological polar surface area (TPSA) is 74.3 Å². The Balaban J connectivity index is 1.52. The molecule has 1 aliphatic heterocycles. The monoisotopic (exact) mass is 669 g/mol. The van der Waals surface area contributed by atoms with Gasteiger partial charge >= 0.3 is 6.16 Å². The maximum Gasteiger partial charge on any atom is 0.508 e. The van der Waals surface area contributed by atoms with Crippen molar-refractivity contribution in [1.82, 2.24) is 4.90 Å². The van der Waals surface area contributed by atoms with E-state index in [9.17, 15) is 9.59 Å². The third-order valence-corrected chi connectivity index (χ3v) is 8.39. The summed E-state index contributed by atoms with van der Waals surface area (Å²) in [5, 5.41) is 0. The molecule has 8 heteroatoms. The standard InChI is InChI=1S/C33H36INO6/c1-22(20-34)31-30(23(2)41-33(37)40-21-26-8-6-5-7-9-26)32(36)35(31)27(18-24-10-14-28(38-3)15-11-24)19-25-12-16-29(39-4)17-13-25/h5-17,23,27,30-31H,1,18-21H2,2-4H3/t23-,30-,31-/m1/s1. The third kappa shape index (κ3) is 7.61. The van der Waals surface area contributed by atoms with Gasteiger partial charge in [-0.1, -0.05) is 83.8 Å². The van der Waals surface area contributed by atoms with Crippen LogP contribution in [0.5, 0.6) is 11.5 Å². The molecule has 216 valence electrons. The molecule has 1 amide bonds. The number of β-lactam (4-membered cyclic amide) rings is 1. The molecule has 1 fully saturated rings. The van der Waals surface area contributed by atoms with Gasteiger partial charge in [-0.2, -0.15) is 0 Å². The molecule has 4 rings (SSSR count). The average Bonchev–Trinajstić information content (AvgIpc) is 2.99. The summed E-state index contributed by atoms with van der Waals surface area (Å²) in [6.45, 7) is 6.16. The van der Waals surface area contributed by atoms with E-state index in [0.29, 0.717) is 17.3 Å². The second-order valence-electron chi connectivity index (χ2n) is 10.1. The number of hydrogen-bond acceptors (Lipinski definition) is 6. The minimum absolute atomic E-state index is 0.0589. The lowest BCUT2D eigenvalue weighted by molar-refractivity contribution is -0.166. The van der Waals surface area contributed by atoms with E-state index in [2.05, 4.69) is 29.2 Å². The fourth-order valence-corrected chi connectivity index (χ4v) is 5.69. The van der Waals surface area contributed by atoms with E-state index in [1.807, 2.05) is 83.8 Å². The summed E-state index contributed by atoms with van der Waals surface area (Å²) in [5.41, 5.74) is 3.96. The van der Waals surface area contributed by atoms with Crippen molar-refractivity contribution in [3.63, 3.8) is 0 Å². The second-order valence-corrected chi connectivity index (χ2v) is 10.9. The fourth-order valence-electron chi connectivity index (χ4n) is 5.24. The van der Waals surface area contributed by atoms with Crippen LogP contribution in [0.2, 0.25) is 0 Å². The number of benzene rings is 3. The molecule has 3 aromatic rings. The molecule has 0 saturated carbocycles. The van der Waals surface area contributed by atoms with Gasteiger partial charge in [-0.25, -0.2) is 4.79 Å². The van der Waals surface area contributed by atoms with E-state index < -0.39 is 18.2 Å². The van der Waals surface area contributed by atoms with Gasteiger partial charge in [0.05, 0.1) is 26.2 Å². The summed E-state index contributed by atoms with van der Waals surface area (Å²) in [6.07, 6.45) is -0.171. The van der Waals surface area contributed by atoms with E-state index in [-0.39, 0.29) is 24.6 Å². The molecule has 1 heterocycles. The zero-order chi connectivity index (χ0) is 29.4. The highest BCUT2D eigenvalue weighted by Gasteiger charge is 2.54. The van der Waals surface area contributed by atoms with Gasteiger partial charge < -0.3 is 23.8 Å². The number of nitrogens with zero attached hydrogens (tertiary/aromatic N) is 1. The van der Waals surface area contributed by atoms with Crippen LogP contribution < -0.4 is 9.47 Å². The Hall–Kier alpha value is -3.53. The van der Waals surface area contributed by atoms with Crippen LogP contribution in [0.1, 0.15) is 23.6 Å². The van der Waals surface area contributed by atoms with Gasteiger partial charge in [0.2, 0.25) is 5.91 Å². The fraction of sp³-hybridized carbons (Fsp3) is 0.333. The lowest BCUT2D eigenvalue weighted by Crippen LogP contribution is -2.69. The molecule has 7 nitrogen and oxygen atoms in total. The van der Waals surface area contributed by atoms with Crippen molar-refractivity contribution in [1.29, 1.82) is 0 Å². The van der Waals surface area contributed by atoms with Gasteiger partial charge in [0, 0.05) is 10.5 Å². The van der Waals surface area contributed by atoms with Crippen LogP contribution in [-0.2, 0) is 33.7 Å². The Morgan fingerprint density at radius 2 is 1.41 bits per heavy atom. The molecule has 1 saturated heterocycles. The van der Waals surface area contributed by atoms with E-state index in [0.717, 1.165) is 33.8 Å². The number of hydrogen-bond donors (Lipinski definition) is 0. The number of carbonyl (C=O) groups is 2. The van der Waals surface area contributed by atoms with E-state index in [1.54, 1.807) is 21.1 Å². The normalized spacial score (nSPS) is 17.0. The Morgan fingerprint density at radius 3 is 1.90 bits per heavy atom.